The van der Waals surface area contributed by atoms with Gasteiger partial charge in [-0.1, -0.05) is 6.92 Å². The SMILES string of the molecule is CCCn1cnc(C[C@@H](CCCNC(=O)OC(C)(C)C)C(=O)[O-])c1.[Li+]. The maximum Gasteiger partial charge on any atom is 1.00 e. The Morgan fingerprint density at radius 1 is 1.40 bits per heavy atom. The van der Waals surface area contributed by atoms with E-state index in [1.54, 1.807) is 27.1 Å². The third-order valence-electron chi connectivity index (χ3n) is 3.35. The number of rotatable bonds is 9. The maximum atomic E-state index is 11.5. The van der Waals surface area contributed by atoms with E-state index < -0.39 is 23.6 Å². The number of alkyl carbamates (subject to hydrolysis) is 1. The summed E-state index contributed by atoms with van der Waals surface area (Å²) in [5.41, 5.74) is 0.201. The first kappa shape index (κ1) is 23.5. The Hall–Kier alpha value is -1.45. The van der Waals surface area contributed by atoms with Crippen LogP contribution in [0.5, 0.6) is 0 Å². The van der Waals surface area contributed by atoms with Crippen LogP contribution in [0.15, 0.2) is 12.5 Å². The number of aryl methyl sites for hydroxylation is 1. The van der Waals surface area contributed by atoms with Gasteiger partial charge in [-0.25, -0.2) is 9.78 Å². The molecule has 0 aromatic carbocycles. The van der Waals surface area contributed by atoms with Crippen molar-refractivity contribution in [1.82, 2.24) is 14.9 Å². The van der Waals surface area contributed by atoms with Crippen LogP contribution in [0.4, 0.5) is 4.79 Å². The number of aromatic nitrogens is 2. The molecule has 8 heteroatoms. The molecule has 0 aliphatic rings. The van der Waals surface area contributed by atoms with Crippen LogP contribution in [0.1, 0.15) is 52.7 Å². The Labute approximate surface area is 161 Å². The van der Waals surface area contributed by atoms with E-state index in [-0.39, 0.29) is 18.9 Å². The number of amides is 1. The normalized spacial score (nSPS) is 12.2. The first-order valence-corrected chi connectivity index (χ1v) is 8.39. The number of ether oxygens (including phenoxy) is 1. The Bertz CT molecular complexity index is 540. The van der Waals surface area contributed by atoms with Gasteiger partial charge in [-0.3, -0.25) is 0 Å². The second kappa shape index (κ2) is 11.2. The number of hydrogen-bond donors (Lipinski definition) is 1. The van der Waals surface area contributed by atoms with Crippen LogP contribution in [-0.4, -0.2) is 33.8 Å². The average molecular weight is 345 g/mol. The van der Waals surface area contributed by atoms with E-state index in [4.69, 9.17) is 4.74 Å². The van der Waals surface area contributed by atoms with Crippen LogP contribution in [0.25, 0.3) is 0 Å². The maximum absolute atomic E-state index is 11.5. The van der Waals surface area contributed by atoms with Crippen molar-refractivity contribution in [1.29, 1.82) is 0 Å². The Balaban J connectivity index is 0.00000576. The van der Waals surface area contributed by atoms with Gasteiger partial charge < -0.3 is 24.5 Å². The van der Waals surface area contributed by atoms with Crippen molar-refractivity contribution >= 4 is 12.1 Å². The Kier molecular flexibility index (Phi) is 10.6. The Morgan fingerprint density at radius 2 is 2.08 bits per heavy atom. The van der Waals surface area contributed by atoms with Gasteiger partial charge in [0.15, 0.2) is 0 Å². The van der Waals surface area contributed by atoms with E-state index in [0.717, 1.165) is 18.7 Å². The fourth-order valence-electron chi connectivity index (χ4n) is 2.30. The quantitative estimate of drug-likeness (QED) is 0.435. The number of hydrogen-bond acceptors (Lipinski definition) is 5. The third kappa shape index (κ3) is 10.2. The number of carbonyl (C=O) groups is 2. The number of nitrogens with one attached hydrogen (secondary N) is 1. The van der Waals surface area contributed by atoms with Crippen molar-refractivity contribution < 1.29 is 38.3 Å². The molecule has 0 fully saturated rings. The molecule has 0 saturated carbocycles. The first-order valence-electron chi connectivity index (χ1n) is 8.39. The fourth-order valence-corrected chi connectivity index (χ4v) is 2.30. The minimum absolute atomic E-state index is 0. The summed E-state index contributed by atoms with van der Waals surface area (Å²) in [7, 11) is 0. The molecule has 0 bridgehead atoms. The number of carbonyl (C=O) groups excluding carboxylic acids is 2. The third-order valence-corrected chi connectivity index (χ3v) is 3.35. The van der Waals surface area contributed by atoms with Gasteiger partial charge in [0, 0.05) is 31.2 Å². The van der Waals surface area contributed by atoms with E-state index in [0.29, 0.717) is 25.8 Å². The molecule has 0 spiro atoms. The van der Waals surface area contributed by atoms with Gasteiger partial charge in [0.1, 0.15) is 5.60 Å². The first-order chi connectivity index (χ1) is 11.2. The molecule has 7 nitrogen and oxygen atoms in total. The number of aliphatic carboxylic acids is 1. The van der Waals surface area contributed by atoms with Crippen LogP contribution in [0.3, 0.4) is 0 Å². The van der Waals surface area contributed by atoms with Gasteiger partial charge in [-0.05, 0) is 46.5 Å². The second-order valence-corrected chi connectivity index (χ2v) is 6.89. The molecule has 0 aliphatic carbocycles. The van der Waals surface area contributed by atoms with Crippen LogP contribution in [-0.2, 0) is 22.5 Å². The molecule has 1 N–H and O–H groups in total. The number of nitrogens with zero attached hydrogens (tertiary/aromatic N) is 2. The molecule has 0 saturated heterocycles. The van der Waals surface area contributed by atoms with Crippen LogP contribution in [0, 0.1) is 5.92 Å². The summed E-state index contributed by atoms with van der Waals surface area (Å²) in [6, 6.07) is 0. The van der Waals surface area contributed by atoms with Crippen molar-refractivity contribution in [3.63, 3.8) is 0 Å². The summed E-state index contributed by atoms with van der Waals surface area (Å²) in [6.07, 6.45) is 5.38. The summed E-state index contributed by atoms with van der Waals surface area (Å²) in [4.78, 5) is 27.0. The standard InChI is InChI=1S/C17H29N3O4.Li/c1-5-9-20-11-14(19-12-20)10-13(15(21)22)7-6-8-18-16(23)24-17(2,3)4;/h11-13H,5-10H2,1-4H3,(H,18,23)(H,21,22);/q;+1/p-1/t13-;/m1./s1. The fraction of sp³-hybridized carbons (Fsp3) is 0.706. The molecule has 1 heterocycles. The predicted molar refractivity (Wildman–Crippen MR) is 88.2 cm³/mol. The van der Waals surface area contributed by atoms with Crippen molar-refractivity contribution in [2.24, 2.45) is 5.92 Å². The van der Waals surface area contributed by atoms with Crippen LogP contribution < -0.4 is 29.3 Å². The second-order valence-electron chi connectivity index (χ2n) is 6.89. The molecule has 1 aromatic heterocycles. The molecule has 0 unspecified atom stereocenters. The molecule has 1 amide bonds. The van der Waals surface area contributed by atoms with Gasteiger partial charge >= 0.3 is 25.0 Å². The smallest absolute Gasteiger partial charge is 0.550 e. The van der Waals surface area contributed by atoms with Gasteiger partial charge in [0.2, 0.25) is 0 Å². The van der Waals surface area contributed by atoms with Gasteiger partial charge in [-0.15, -0.1) is 0 Å². The van der Waals surface area contributed by atoms with Crippen LogP contribution in [0.2, 0.25) is 0 Å². The molecule has 1 aromatic rings. The van der Waals surface area contributed by atoms with Gasteiger partial charge in [-0.2, -0.15) is 0 Å². The predicted octanol–water partition coefficient (Wildman–Crippen LogP) is -1.49. The van der Waals surface area contributed by atoms with Crippen molar-refractivity contribution in [3.05, 3.63) is 18.2 Å². The van der Waals surface area contributed by atoms with Gasteiger partial charge in [0.25, 0.3) is 0 Å². The van der Waals surface area contributed by atoms with E-state index in [1.807, 2.05) is 10.8 Å². The van der Waals surface area contributed by atoms with Gasteiger partial charge in [0.05, 0.1) is 12.0 Å². The molecule has 1 rings (SSSR count). The molecule has 1 atom stereocenters. The molecule has 25 heavy (non-hydrogen) atoms. The molecule has 0 aliphatic heterocycles. The topological polar surface area (TPSA) is 96.3 Å². The number of carboxylic acids is 1. The zero-order valence-corrected chi connectivity index (χ0v) is 16.0. The zero-order chi connectivity index (χ0) is 18.2. The minimum Gasteiger partial charge on any atom is -0.550 e. The van der Waals surface area contributed by atoms with Crippen LogP contribution >= 0.6 is 0 Å². The summed E-state index contributed by atoms with van der Waals surface area (Å²) >= 11 is 0. The zero-order valence-electron chi connectivity index (χ0n) is 16.0. The number of imidazole rings is 1. The van der Waals surface area contributed by atoms with E-state index in [9.17, 15) is 14.7 Å². The molecule has 0 radical (unpaired) electrons. The number of carboxylic acid groups (broad SMARTS) is 1. The average Bonchev–Trinajstić information content (AvgIpc) is 2.88. The van der Waals surface area contributed by atoms with Crippen molar-refractivity contribution in [3.8, 4) is 0 Å². The van der Waals surface area contributed by atoms with E-state index in [2.05, 4.69) is 17.2 Å². The minimum atomic E-state index is -1.09. The van der Waals surface area contributed by atoms with Crippen molar-refractivity contribution in [2.45, 2.75) is 65.5 Å². The summed E-state index contributed by atoms with van der Waals surface area (Å²) in [5.74, 6) is -1.70. The Morgan fingerprint density at radius 3 is 2.64 bits per heavy atom. The van der Waals surface area contributed by atoms with Crippen molar-refractivity contribution in [2.75, 3.05) is 6.54 Å². The van der Waals surface area contributed by atoms with E-state index >= 15 is 0 Å². The van der Waals surface area contributed by atoms with E-state index in [1.165, 1.54) is 0 Å². The summed E-state index contributed by atoms with van der Waals surface area (Å²) in [6.45, 7) is 8.66. The summed E-state index contributed by atoms with van der Waals surface area (Å²) in [5, 5.41) is 13.9. The molecular weight excluding hydrogens is 317 g/mol. The largest absolute Gasteiger partial charge is 1.00 e. The monoisotopic (exact) mass is 345 g/mol. The molecule has 136 valence electrons. The molecular formula is C17H28LiN3O4. The summed E-state index contributed by atoms with van der Waals surface area (Å²) < 4.78 is 7.07.